The summed E-state index contributed by atoms with van der Waals surface area (Å²) in [7, 11) is -2.84. The van der Waals surface area contributed by atoms with Crippen molar-refractivity contribution < 1.29 is 12.8 Å². The predicted molar refractivity (Wildman–Crippen MR) is 72.1 cm³/mol. The SMILES string of the molecule is O=c1[nH]c2cc(NC3CCS(=O)(=O)CC3)ccc2o1. The van der Waals surface area contributed by atoms with Gasteiger partial charge in [-0.2, -0.15) is 0 Å². The molecule has 0 aliphatic carbocycles. The van der Waals surface area contributed by atoms with Crippen LogP contribution in [0, 0.1) is 0 Å². The van der Waals surface area contributed by atoms with Crippen molar-refractivity contribution in [2.45, 2.75) is 18.9 Å². The molecule has 19 heavy (non-hydrogen) atoms. The van der Waals surface area contributed by atoms with Crippen LogP contribution in [-0.2, 0) is 9.84 Å². The highest BCUT2D eigenvalue weighted by Crippen LogP contribution is 2.20. The van der Waals surface area contributed by atoms with E-state index in [1.165, 1.54) is 0 Å². The van der Waals surface area contributed by atoms with Gasteiger partial charge in [0.2, 0.25) is 0 Å². The minimum atomic E-state index is -2.84. The van der Waals surface area contributed by atoms with E-state index in [1.807, 2.05) is 6.07 Å². The fraction of sp³-hybridized carbons (Fsp3) is 0.417. The zero-order valence-electron chi connectivity index (χ0n) is 10.2. The van der Waals surface area contributed by atoms with Crippen molar-refractivity contribution in [3.8, 4) is 0 Å². The van der Waals surface area contributed by atoms with Crippen LogP contribution >= 0.6 is 0 Å². The first-order valence-electron chi connectivity index (χ1n) is 6.12. The highest BCUT2D eigenvalue weighted by atomic mass is 32.2. The van der Waals surface area contributed by atoms with Crippen LogP contribution in [0.1, 0.15) is 12.8 Å². The van der Waals surface area contributed by atoms with E-state index in [1.54, 1.807) is 12.1 Å². The molecule has 0 saturated carbocycles. The maximum Gasteiger partial charge on any atom is 0.417 e. The lowest BCUT2D eigenvalue weighted by Gasteiger charge is -2.23. The van der Waals surface area contributed by atoms with Crippen molar-refractivity contribution in [2.75, 3.05) is 16.8 Å². The van der Waals surface area contributed by atoms with Crippen LogP contribution in [0.2, 0.25) is 0 Å². The largest absolute Gasteiger partial charge is 0.417 e. The minimum Gasteiger partial charge on any atom is -0.408 e. The summed E-state index contributed by atoms with van der Waals surface area (Å²) in [6.45, 7) is 0. The van der Waals surface area contributed by atoms with Gasteiger partial charge in [0.05, 0.1) is 17.0 Å². The normalized spacial score (nSPS) is 19.6. The molecule has 1 aromatic heterocycles. The number of benzene rings is 1. The van der Waals surface area contributed by atoms with Crippen molar-refractivity contribution in [1.82, 2.24) is 4.98 Å². The smallest absolute Gasteiger partial charge is 0.408 e. The highest BCUT2D eigenvalue weighted by molar-refractivity contribution is 7.91. The van der Waals surface area contributed by atoms with E-state index in [2.05, 4.69) is 10.3 Å². The second-order valence-corrected chi connectivity index (χ2v) is 7.10. The second kappa shape index (κ2) is 4.41. The zero-order valence-corrected chi connectivity index (χ0v) is 11.0. The molecule has 0 unspecified atom stereocenters. The lowest BCUT2D eigenvalue weighted by atomic mass is 10.1. The lowest BCUT2D eigenvalue weighted by Crippen LogP contribution is -2.32. The quantitative estimate of drug-likeness (QED) is 0.860. The van der Waals surface area contributed by atoms with E-state index in [4.69, 9.17) is 4.42 Å². The van der Waals surface area contributed by atoms with Crippen LogP contribution in [0.3, 0.4) is 0 Å². The molecule has 3 rings (SSSR count). The summed E-state index contributed by atoms with van der Waals surface area (Å²) in [5, 5.41) is 3.29. The Bertz CT molecular complexity index is 745. The van der Waals surface area contributed by atoms with Gasteiger partial charge in [-0.15, -0.1) is 0 Å². The van der Waals surface area contributed by atoms with Crippen molar-refractivity contribution in [1.29, 1.82) is 0 Å². The van der Waals surface area contributed by atoms with Gasteiger partial charge in [0.25, 0.3) is 0 Å². The van der Waals surface area contributed by atoms with Crippen LogP contribution in [0.15, 0.2) is 27.4 Å². The van der Waals surface area contributed by atoms with Gasteiger partial charge in [0.15, 0.2) is 5.58 Å². The molecule has 0 atom stereocenters. The Morgan fingerprint density at radius 1 is 1.26 bits per heavy atom. The maximum absolute atomic E-state index is 11.3. The Labute approximate surface area is 109 Å². The third-order valence-electron chi connectivity index (χ3n) is 3.34. The molecule has 0 amide bonds. The van der Waals surface area contributed by atoms with E-state index in [-0.39, 0.29) is 17.5 Å². The Hall–Kier alpha value is -1.76. The monoisotopic (exact) mass is 282 g/mol. The Balaban J connectivity index is 1.76. The summed E-state index contributed by atoms with van der Waals surface area (Å²) < 4.78 is 27.6. The molecule has 0 radical (unpaired) electrons. The Morgan fingerprint density at radius 3 is 2.74 bits per heavy atom. The molecule has 6 nitrogen and oxygen atoms in total. The topological polar surface area (TPSA) is 92.2 Å². The van der Waals surface area contributed by atoms with E-state index < -0.39 is 15.6 Å². The van der Waals surface area contributed by atoms with Gasteiger partial charge in [-0.05, 0) is 31.0 Å². The fourth-order valence-corrected chi connectivity index (χ4v) is 3.80. The number of fused-ring (bicyclic) bond motifs is 1. The maximum atomic E-state index is 11.3. The standard InChI is InChI=1S/C12H14N2O4S/c15-12-14-10-7-9(1-2-11(10)18-12)13-8-3-5-19(16,17)6-4-8/h1-2,7-8,13H,3-6H2,(H,14,15). The van der Waals surface area contributed by atoms with E-state index in [0.29, 0.717) is 23.9 Å². The Morgan fingerprint density at radius 2 is 2.00 bits per heavy atom. The van der Waals surface area contributed by atoms with Gasteiger partial charge in [0.1, 0.15) is 9.84 Å². The molecule has 1 aromatic carbocycles. The number of anilines is 1. The molecular formula is C12H14N2O4S. The van der Waals surface area contributed by atoms with Crippen LogP contribution < -0.4 is 11.1 Å². The fourth-order valence-electron chi connectivity index (χ4n) is 2.31. The van der Waals surface area contributed by atoms with Crippen LogP contribution in [0.25, 0.3) is 11.1 Å². The number of sulfone groups is 1. The first-order chi connectivity index (χ1) is 9.02. The summed E-state index contributed by atoms with van der Waals surface area (Å²) >= 11 is 0. The third-order valence-corrected chi connectivity index (χ3v) is 5.06. The molecule has 2 heterocycles. The van der Waals surface area contributed by atoms with Crippen molar-refractivity contribution in [2.24, 2.45) is 0 Å². The number of hydrogen-bond donors (Lipinski definition) is 2. The molecule has 1 aliphatic rings. The number of nitrogens with one attached hydrogen (secondary N) is 2. The average molecular weight is 282 g/mol. The first kappa shape index (κ1) is 12.3. The van der Waals surface area contributed by atoms with Crippen LogP contribution in [0.4, 0.5) is 5.69 Å². The molecule has 7 heteroatoms. The summed E-state index contributed by atoms with van der Waals surface area (Å²) in [6, 6.07) is 5.49. The number of oxazole rings is 1. The average Bonchev–Trinajstić information content (AvgIpc) is 2.71. The molecule has 1 aliphatic heterocycles. The summed E-state index contributed by atoms with van der Waals surface area (Å²) in [6.07, 6.45) is 1.23. The van der Waals surface area contributed by atoms with Crippen molar-refractivity contribution >= 4 is 26.6 Å². The van der Waals surface area contributed by atoms with Gasteiger partial charge >= 0.3 is 5.76 Å². The van der Waals surface area contributed by atoms with E-state index in [9.17, 15) is 13.2 Å². The number of aromatic amines is 1. The van der Waals surface area contributed by atoms with Gasteiger partial charge in [0, 0.05) is 11.7 Å². The second-order valence-electron chi connectivity index (χ2n) is 4.80. The molecule has 0 bridgehead atoms. The zero-order chi connectivity index (χ0) is 13.5. The summed E-state index contributed by atoms with van der Waals surface area (Å²) in [5.41, 5.74) is 2.01. The van der Waals surface area contributed by atoms with Gasteiger partial charge in [-0.25, -0.2) is 13.2 Å². The number of rotatable bonds is 2. The van der Waals surface area contributed by atoms with E-state index in [0.717, 1.165) is 5.69 Å². The van der Waals surface area contributed by atoms with Gasteiger partial charge in [-0.1, -0.05) is 0 Å². The van der Waals surface area contributed by atoms with Crippen LogP contribution in [-0.4, -0.2) is 30.9 Å². The van der Waals surface area contributed by atoms with Crippen molar-refractivity contribution in [3.63, 3.8) is 0 Å². The first-order valence-corrected chi connectivity index (χ1v) is 7.94. The minimum absolute atomic E-state index is 0.152. The number of H-pyrrole nitrogens is 1. The predicted octanol–water partition coefficient (Wildman–Crippen LogP) is 1.11. The molecular weight excluding hydrogens is 268 g/mol. The number of hydrogen-bond acceptors (Lipinski definition) is 5. The lowest BCUT2D eigenvalue weighted by molar-refractivity contribution is 0.555. The van der Waals surface area contributed by atoms with Crippen LogP contribution in [0.5, 0.6) is 0 Å². The Kier molecular flexibility index (Phi) is 2.85. The molecule has 1 saturated heterocycles. The summed E-state index contributed by atoms with van der Waals surface area (Å²) in [5.74, 6) is -0.0128. The molecule has 2 N–H and O–H groups in total. The van der Waals surface area contributed by atoms with Crippen molar-refractivity contribution in [3.05, 3.63) is 28.7 Å². The van der Waals surface area contributed by atoms with Gasteiger partial charge < -0.3 is 9.73 Å². The van der Waals surface area contributed by atoms with Gasteiger partial charge in [-0.3, -0.25) is 4.98 Å². The highest BCUT2D eigenvalue weighted by Gasteiger charge is 2.23. The van der Waals surface area contributed by atoms with E-state index >= 15 is 0 Å². The molecule has 2 aromatic rings. The molecule has 0 spiro atoms. The number of aromatic nitrogens is 1. The molecule has 1 fully saturated rings. The third kappa shape index (κ3) is 2.65. The summed E-state index contributed by atoms with van der Waals surface area (Å²) in [4.78, 5) is 13.6. The molecule has 102 valence electrons.